The number of thiophene rings is 1. The van der Waals surface area contributed by atoms with Gasteiger partial charge in [-0.1, -0.05) is 6.07 Å². The zero-order chi connectivity index (χ0) is 16.7. The summed E-state index contributed by atoms with van der Waals surface area (Å²) in [4.78, 5) is 19.1. The van der Waals surface area contributed by atoms with Crippen molar-refractivity contribution >= 4 is 58.9 Å². The van der Waals surface area contributed by atoms with Crippen molar-refractivity contribution in [2.45, 2.75) is 37.1 Å². The molecule has 2 unspecified atom stereocenters. The van der Waals surface area contributed by atoms with E-state index in [-0.39, 0.29) is 36.4 Å². The molecule has 1 aromatic heterocycles. The van der Waals surface area contributed by atoms with Gasteiger partial charge in [0.05, 0.1) is 6.54 Å². The Balaban J connectivity index is 0.00000288. The number of hydrogen-bond acceptors (Lipinski definition) is 4. The topological polar surface area (TPSA) is 56.7 Å². The van der Waals surface area contributed by atoms with E-state index in [1.54, 1.807) is 30.3 Å². The van der Waals surface area contributed by atoms with Crippen molar-refractivity contribution in [2.75, 3.05) is 26.9 Å². The highest BCUT2D eigenvalue weighted by Crippen LogP contribution is 2.28. The highest BCUT2D eigenvalue weighted by Gasteiger charge is 2.24. The van der Waals surface area contributed by atoms with Gasteiger partial charge in [0, 0.05) is 30.3 Å². The molecule has 1 aliphatic rings. The van der Waals surface area contributed by atoms with Gasteiger partial charge in [-0.25, -0.2) is 4.99 Å². The number of thioether (sulfide) groups is 1. The Labute approximate surface area is 170 Å². The maximum atomic E-state index is 11.8. The lowest BCUT2D eigenvalue weighted by atomic mass is 10.2. The summed E-state index contributed by atoms with van der Waals surface area (Å²) in [7, 11) is 3.51. The first-order valence-electron chi connectivity index (χ1n) is 7.88. The lowest BCUT2D eigenvalue weighted by Crippen LogP contribution is -2.43. The number of guanidine groups is 1. The summed E-state index contributed by atoms with van der Waals surface area (Å²) in [5.74, 6) is 0.746. The van der Waals surface area contributed by atoms with E-state index in [9.17, 15) is 4.79 Å². The maximum absolute atomic E-state index is 11.8. The second-order valence-corrected chi connectivity index (χ2v) is 8.07. The molecule has 1 aromatic rings. The molecule has 0 aromatic carbocycles. The van der Waals surface area contributed by atoms with Crippen LogP contribution >= 0.6 is 47.1 Å². The van der Waals surface area contributed by atoms with Gasteiger partial charge < -0.3 is 15.5 Å². The number of likely N-dealkylation sites (N-methyl/N-ethyl adjacent to an activating group) is 1. The van der Waals surface area contributed by atoms with Crippen LogP contribution in [0.5, 0.6) is 0 Å². The Hall–Kier alpha value is -0.480. The molecule has 136 valence electrons. The molecule has 24 heavy (non-hydrogen) atoms. The Bertz CT molecular complexity index is 522. The van der Waals surface area contributed by atoms with Crippen LogP contribution in [0.25, 0.3) is 0 Å². The van der Waals surface area contributed by atoms with Gasteiger partial charge in [0.2, 0.25) is 5.91 Å². The number of carbonyl (C=O) groups excluding carboxylic acids is 1. The third-order valence-corrected chi connectivity index (χ3v) is 5.91. The molecule has 0 bridgehead atoms. The van der Waals surface area contributed by atoms with Gasteiger partial charge in [-0.3, -0.25) is 4.79 Å². The van der Waals surface area contributed by atoms with E-state index in [1.807, 2.05) is 17.8 Å². The minimum atomic E-state index is 0. The van der Waals surface area contributed by atoms with Crippen molar-refractivity contribution < 1.29 is 4.79 Å². The number of halogens is 1. The fourth-order valence-electron chi connectivity index (χ4n) is 2.50. The van der Waals surface area contributed by atoms with Crippen LogP contribution in [-0.2, 0) is 11.3 Å². The van der Waals surface area contributed by atoms with Crippen LogP contribution < -0.4 is 10.6 Å². The van der Waals surface area contributed by atoms with Gasteiger partial charge in [0.25, 0.3) is 0 Å². The monoisotopic (exact) mass is 482 g/mol. The molecule has 2 rings (SSSR count). The molecule has 1 heterocycles. The number of carbonyl (C=O) groups is 1. The Morgan fingerprint density at radius 1 is 1.46 bits per heavy atom. The van der Waals surface area contributed by atoms with Crippen LogP contribution in [-0.4, -0.2) is 55.0 Å². The maximum Gasteiger partial charge on any atom is 0.243 e. The summed E-state index contributed by atoms with van der Waals surface area (Å²) in [5.41, 5.74) is 0. The average molecular weight is 482 g/mol. The van der Waals surface area contributed by atoms with E-state index in [4.69, 9.17) is 0 Å². The number of nitrogens with one attached hydrogen (secondary N) is 2. The summed E-state index contributed by atoms with van der Waals surface area (Å²) >= 11 is 3.65. The molecular formula is C16H27IN4OS2. The number of rotatable bonds is 6. The van der Waals surface area contributed by atoms with Crippen LogP contribution in [0.2, 0.25) is 0 Å². The summed E-state index contributed by atoms with van der Waals surface area (Å²) in [6.07, 6.45) is 5.73. The third-order valence-electron chi connectivity index (χ3n) is 3.94. The normalized spacial score (nSPS) is 20.4. The van der Waals surface area contributed by atoms with Crippen molar-refractivity contribution in [2.24, 2.45) is 4.99 Å². The number of hydrogen-bond donors (Lipinski definition) is 2. The number of amides is 1. The molecule has 0 spiro atoms. The standard InChI is InChI=1S/C16H26N4OS2.HI/c1-20(2)15(21)11-18-16(17-10-14-5-4-8-23-14)19-12-6-7-13(9-12)22-3;/h4-5,8,12-13H,6-7,9-11H2,1-3H3,(H2,17,18,19);1H. The molecule has 1 amide bonds. The molecule has 8 heteroatoms. The van der Waals surface area contributed by atoms with E-state index < -0.39 is 0 Å². The van der Waals surface area contributed by atoms with Crippen LogP contribution in [0.4, 0.5) is 0 Å². The molecule has 2 N–H and O–H groups in total. The fraction of sp³-hybridized carbons (Fsp3) is 0.625. The van der Waals surface area contributed by atoms with Crippen LogP contribution in [0.3, 0.4) is 0 Å². The largest absolute Gasteiger partial charge is 0.354 e. The molecule has 5 nitrogen and oxygen atoms in total. The van der Waals surface area contributed by atoms with Crippen LogP contribution in [0.1, 0.15) is 24.1 Å². The zero-order valence-electron chi connectivity index (χ0n) is 14.4. The van der Waals surface area contributed by atoms with Crippen molar-refractivity contribution in [1.29, 1.82) is 0 Å². The average Bonchev–Trinajstić information content (AvgIpc) is 3.20. The summed E-state index contributed by atoms with van der Waals surface area (Å²) in [6.45, 7) is 0.907. The Morgan fingerprint density at radius 3 is 2.83 bits per heavy atom. The highest BCUT2D eigenvalue weighted by molar-refractivity contribution is 14.0. The van der Waals surface area contributed by atoms with E-state index in [0.29, 0.717) is 6.04 Å². The fourth-order valence-corrected chi connectivity index (χ4v) is 3.94. The molecule has 1 aliphatic carbocycles. The molecule has 0 aliphatic heterocycles. The minimum absolute atomic E-state index is 0. The summed E-state index contributed by atoms with van der Waals surface area (Å²) in [6, 6.07) is 4.58. The number of nitrogens with zero attached hydrogens (tertiary/aromatic N) is 2. The summed E-state index contributed by atoms with van der Waals surface area (Å²) in [5, 5.41) is 9.64. The summed E-state index contributed by atoms with van der Waals surface area (Å²) < 4.78 is 0. The molecule has 1 saturated carbocycles. The molecule has 1 fully saturated rings. The Kier molecular flexibility index (Phi) is 10.1. The van der Waals surface area contributed by atoms with E-state index in [0.717, 1.165) is 30.6 Å². The van der Waals surface area contributed by atoms with Gasteiger partial charge in [-0.15, -0.1) is 35.3 Å². The minimum Gasteiger partial charge on any atom is -0.354 e. The van der Waals surface area contributed by atoms with Gasteiger partial charge >= 0.3 is 0 Å². The second kappa shape index (κ2) is 11.2. The molecular weight excluding hydrogens is 455 g/mol. The van der Waals surface area contributed by atoms with Crippen LogP contribution in [0, 0.1) is 0 Å². The van der Waals surface area contributed by atoms with Crippen molar-refractivity contribution in [3.8, 4) is 0 Å². The second-order valence-electron chi connectivity index (χ2n) is 5.90. The third kappa shape index (κ3) is 7.18. The van der Waals surface area contributed by atoms with Crippen molar-refractivity contribution in [3.63, 3.8) is 0 Å². The molecule has 0 saturated heterocycles. The van der Waals surface area contributed by atoms with Gasteiger partial charge in [0.1, 0.15) is 6.54 Å². The van der Waals surface area contributed by atoms with Gasteiger partial charge in [0.15, 0.2) is 5.96 Å². The van der Waals surface area contributed by atoms with Crippen molar-refractivity contribution in [1.82, 2.24) is 15.5 Å². The van der Waals surface area contributed by atoms with E-state index >= 15 is 0 Å². The Morgan fingerprint density at radius 2 is 2.25 bits per heavy atom. The first kappa shape index (κ1) is 21.6. The molecule has 2 atom stereocenters. The van der Waals surface area contributed by atoms with Crippen molar-refractivity contribution in [3.05, 3.63) is 22.4 Å². The highest BCUT2D eigenvalue weighted by atomic mass is 127. The first-order chi connectivity index (χ1) is 11.1. The lowest BCUT2D eigenvalue weighted by Gasteiger charge is -2.18. The zero-order valence-corrected chi connectivity index (χ0v) is 18.4. The quantitative estimate of drug-likeness (QED) is 0.372. The smallest absolute Gasteiger partial charge is 0.243 e. The molecule has 0 radical (unpaired) electrons. The lowest BCUT2D eigenvalue weighted by molar-refractivity contribution is -0.127. The van der Waals surface area contributed by atoms with E-state index in [2.05, 4.69) is 33.3 Å². The van der Waals surface area contributed by atoms with Gasteiger partial charge in [-0.05, 0) is 37.0 Å². The predicted molar refractivity (Wildman–Crippen MR) is 116 cm³/mol. The van der Waals surface area contributed by atoms with E-state index in [1.165, 1.54) is 11.3 Å². The first-order valence-corrected chi connectivity index (χ1v) is 10.1. The number of aliphatic imine (C=N–C) groups is 1. The SMILES string of the molecule is CSC1CCC(NC(=NCC(=O)N(C)C)NCc2cccs2)C1.I. The van der Waals surface area contributed by atoms with Crippen LogP contribution in [0.15, 0.2) is 22.5 Å². The predicted octanol–water partition coefficient (Wildman–Crippen LogP) is 2.77. The van der Waals surface area contributed by atoms with Gasteiger partial charge in [-0.2, -0.15) is 11.8 Å².